The number of hydrogen-bond donors (Lipinski definition) is 0. The second-order valence-electron chi connectivity index (χ2n) is 21.3. The molecule has 0 rings (SSSR count). The first kappa shape index (κ1) is 76.0. The molecule has 0 N–H and O–H groups in total. The topological polar surface area (TPSA) is 78.9 Å². The molecule has 0 aliphatic rings. The van der Waals surface area contributed by atoms with Gasteiger partial charge in [-0.05, 0) is 135 Å². The molecule has 0 saturated carbocycles. The molecule has 0 bridgehead atoms. The van der Waals surface area contributed by atoms with Crippen molar-refractivity contribution < 1.29 is 28.6 Å². The number of allylic oxidation sites excluding steroid dienone is 26. The Balaban J connectivity index is 4.23. The van der Waals surface area contributed by atoms with Crippen molar-refractivity contribution in [1.29, 1.82) is 0 Å². The SMILES string of the molecule is CC/C=C\C/C=C\C/C=C\C/C=C\C/C=C\C/C=C\C/C=C\CCCCCCCCCCCCCCCC(=O)OCC(COC(=O)CCCCCCC/C=C\CCCC)OC(=O)CCC/C=C\C/C=C\C/C=C\C/C=C\C/C=C\CC. The third-order valence-electron chi connectivity index (χ3n) is 13.5. The maximum atomic E-state index is 12.9. The molecule has 0 amide bonds. The molecule has 0 spiro atoms. The Hall–Kier alpha value is -4.97. The van der Waals surface area contributed by atoms with E-state index in [-0.39, 0.29) is 37.5 Å². The number of carbonyl (C=O) groups excluding carboxylic acids is 3. The molecule has 1 atom stereocenters. The van der Waals surface area contributed by atoms with E-state index in [1.807, 2.05) is 0 Å². The molecule has 0 aromatic carbocycles. The summed E-state index contributed by atoms with van der Waals surface area (Å²) in [5, 5.41) is 0. The fraction of sp³-hybridized carbons (Fsp3) is 0.613. The number of hydrogen-bond acceptors (Lipinski definition) is 6. The van der Waals surface area contributed by atoms with Gasteiger partial charge in [-0.3, -0.25) is 14.4 Å². The first-order valence-electron chi connectivity index (χ1n) is 33.0. The summed E-state index contributed by atoms with van der Waals surface area (Å²) >= 11 is 0. The lowest BCUT2D eigenvalue weighted by atomic mass is 10.0. The summed E-state index contributed by atoms with van der Waals surface area (Å²) in [6, 6.07) is 0. The van der Waals surface area contributed by atoms with Crippen LogP contribution >= 0.6 is 0 Å². The zero-order valence-electron chi connectivity index (χ0n) is 52.2. The highest BCUT2D eigenvalue weighted by Crippen LogP contribution is 2.15. The van der Waals surface area contributed by atoms with Gasteiger partial charge in [-0.1, -0.05) is 281 Å². The maximum absolute atomic E-state index is 12.9. The van der Waals surface area contributed by atoms with E-state index < -0.39 is 6.10 Å². The first-order chi connectivity index (χ1) is 40.0. The van der Waals surface area contributed by atoms with Crippen molar-refractivity contribution in [2.24, 2.45) is 0 Å². The van der Waals surface area contributed by atoms with Gasteiger partial charge in [0.1, 0.15) is 13.2 Å². The molecule has 0 saturated heterocycles. The highest BCUT2D eigenvalue weighted by molar-refractivity contribution is 5.71. The smallest absolute Gasteiger partial charge is 0.306 e. The van der Waals surface area contributed by atoms with E-state index >= 15 is 0 Å². The predicted octanol–water partition coefficient (Wildman–Crippen LogP) is 22.9. The van der Waals surface area contributed by atoms with E-state index in [0.717, 1.165) is 135 Å². The number of ether oxygens (including phenoxy) is 3. The fourth-order valence-corrected chi connectivity index (χ4v) is 8.62. The summed E-state index contributed by atoms with van der Waals surface area (Å²) in [5.74, 6) is -0.980. The van der Waals surface area contributed by atoms with Gasteiger partial charge in [0.2, 0.25) is 0 Å². The average Bonchev–Trinajstić information content (AvgIpc) is 3.47. The van der Waals surface area contributed by atoms with Crippen molar-refractivity contribution in [3.05, 3.63) is 158 Å². The molecule has 0 aliphatic heterocycles. The van der Waals surface area contributed by atoms with Crippen LogP contribution in [-0.2, 0) is 28.6 Å². The van der Waals surface area contributed by atoms with Crippen LogP contribution in [-0.4, -0.2) is 37.2 Å². The zero-order valence-corrected chi connectivity index (χ0v) is 52.2. The molecule has 0 aromatic heterocycles. The molecule has 1 unspecified atom stereocenters. The minimum absolute atomic E-state index is 0.108. The van der Waals surface area contributed by atoms with Gasteiger partial charge >= 0.3 is 17.9 Å². The van der Waals surface area contributed by atoms with Gasteiger partial charge in [0, 0.05) is 19.3 Å². The van der Waals surface area contributed by atoms with Crippen molar-refractivity contribution in [3.63, 3.8) is 0 Å². The van der Waals surface area contributed by atoms with E-state index in [1.165, 1.54) is 96.3 Å². The van der Waals surface area contributed by atoms with Crippen LogP contribution in [0.3, 0.4) is 0 Å². The van der Waals surface area contributed by atoms with Gasteiger partial charge < -0.3 is 14.2 Å². The van der Waals surface area contributed by atoms with Gasteiger partial charge in [-0.2, -0.15) is 0 Å². The van der Waals surface area contributed by atoms with Crippen LogP contribution in [0, 0.1) is 0 Å². The number of rotatable bonds is 58. The van der Waals surface area contributed by atoms with Crippen LogP contribution in [0.5, 0.6) is 0 Å². The summed E-state index contributed by atoms with van der Waals surface area (Å²) in [6.45, 7) is 6.31. The minimum atomic E-state index is -0.817. The molecule has 0 fully saturated rings. The van der Waals surface area contributed by atoms with E-state index in [1.54, 1.807) is 0 Å². The third-order valence-corrected chi connectivity index (χ3v) is 13.5. The van der Waals surface area contributed by atoms with Crippen molar-refractivity contribution in [2.45, 2.75) is 284 Å². The molecule has 0 heterocycles. The van der Waals surface area contributed by atoms with Crippen LogP contribution in [0.15, 0.2) is 158 Å². The quantitative estimate of drug-likeness (QED) is 0.0261. The lowest BCUT2D eigenvalue weighted by Crippen LogP contribution is -2.30. The van der Waals surface area contributed by atoms with Crippen LogP contribution < -0.4 is 0 Å². The van der Waals surface area contributed by atoms with Crippen LogP contribution in [0.2, 0.25) is 0 Å². The molecule has 81 heavy (non-hydrogen) atoms. The zero-order chi connectivity index (χ0) is 58.5. The second kappa shape index (κ2) is 67.5. The fourth-order valence-electron chi connectivity index (χ4n) is 8.62. The highest BCUT2D eigenvalue weighted by atomic mass is 16.6. The van der Waals surface area contributed by atoms with Crippen molar-refractivity contribution in [2.75, 3.05) is 13.2 Å². The predicted molar refractivity (Wildman–Crippen MR) is 352 cm³/mol. The number of carbonyl (C=O) groups is 3. The lowest BCUT2D eigenvalue weighted by Gasteiger charge is -2.18. The Morgan fingerprint density at radius 2 is 0.494 bits per heavy atom. The van der Waals surface area contributed by atoms with Gasteiger partial charge in [0.15, 0.2) is 6.10 Å². The molecule has 456 valence electrons. The third kappa shape index (κ3) is 65.7. The van der Waals surface area contributed by atoms with E-state index in [9.17, 15) is 14.4 Å². The van der Waals surface area contributed by atoms with Crippen molar-refractivity contribution in [3.8, 4) is 0 Å². The van der Waals surface area contributed by atoms with E-state index in [2.05, 4.69) is 179 Å². The van der Waals surface area contributed by atoms with Gasteiger partial charge in [0.05, 0.1) is 0 Å². The normalized spacial score (nSPS) is 13.2. The molecular formula is C75H120O6. The summed E-state index contributed by atoms with van der Waals surface area (Å²) in [4.78, 5) is 38.2. The molecule has 0 aromatic rings. The summed E-state index contributed by atoms with van der Waals surface area (Å²) in [7, 11) is 0. The van der Waals surface area contributed by atoms with Gasteiger partial charge in [-0.25, -0.2) is 0 Å². The van der Waals surface area contributed by atoms with Crippen LogP contribution in [0.25, 0.3) is 0 Å². The second-order valence-corrected chi connectivity index (χ2v) is 21.3. The monoisotopic (exact) mass is 1120 g/mol. The van der Waals surface area contributed by atoms with Crippen molar-refractivity contribution >= 4 is 17.9 Å². The lowest BCUT2D eigenvalue weighted by molar-refractivity contribution is -0.167. The standard InChI is InChI=1S/C75H120O6/c1-4-7-10-13-16-19-22-24-26-28-29-30-31-32-33-34-35-36-37-38-39-40-41-42-43-44-45-47-48-50-53-56-59-62-65-68-74(77)80-71-72(70-79-73(76)67-64-61-58-55-52-21-18-15-12-9-6-3)81-75(78)69-66-63-60-57-54-51-49-46-27-25-23-20-17-14-11-8-5-2/h7-8,10-11,15-20,24-27,29-30,32-33,35-36,38-39,49,51,57,60,72H,4-6,9,12-14,21-23,28,31,34,37,40-48,50,52-56,58-59,61-71H2,1-3H3/b10-7-,11-8-,18-15-,19-16-,20-17-,26-24-,27-25-,30-29-,33-32-,36-35-,39-38-,51-49-,60-57-. The first-order valence-corrected chi connectivity index (χ1v) is 33.0. The Morgan fingerprint density at radius 1 is 0.259 bits per heavy atom. The van der Waals surface area contributed by atoms with E-state index in [0.29, 0.717) is 19.3 Å². The Bertz CT molecular complexity index is 1810. The summed E-state index contributed by atoms with van der Waals surface area (Å²) in [5.41, 5.74) is 0. The molecule has 6 heteroatoms. The van der Waals surface area contributed by atoms with Crippen LogP contribution in [0.4, 0.5) is 0 Å². The Kier molecular flexibility index (Phi) is 63.4. The van der Waals surface area contributed by atoms with Gasteiger partial charge in [-0.15, -0.1) is 0 Å². The molecule has 6 nitrogen and oxygen atoms in total. The summed E-state index contributed by atoms with van der Waals surface area (Å²) in [6.07, 6.45) is 98.5. The largest absolute Gasteiger partial charge is 0.462 e. The van der Waals surface area contributed by atoms with E-state index in [4.69, 9.17) is 14.2 Å². The number of esters is 3. The molecule has 0 aliphatic carbocycles. The molecule has 0 radical (unpaired) electrons. The van der Waals surface area contributed by atoms with Crippen molar-refractivity contribution in [1.82, 2.24) is 0 Å². The minimum Gasteiger partial charge on any atom is -0.462 e. The molecular weight excluding hydrogens is 997 g/mol. The Morgan fingerprint density at radius 3 is 0.802 bits per heavy atom. The maximum Gasteiger partial charge on any atom is 0.306 e. The Labute approximate surface area is 499 Å². The number of unbranched alkanes of at least 4 members (excludes halogenated alkanes) is 21. The highest BCUT2D eigenvalue weighted by Gasteiger charge is 2.19. The average molecular weight is 1120 g/mol. The van der Waals surface area contributed by atoms with Crippen LogP contribution in [0.1, 0.15) is 278 Å². The van der Waals surface area contributed by atoms with Gasteiger partial charge in [0.25, 0.3) is 0 Å². The summed E-state index contributed by atoms with van der Waals surface area (Å²) < 4.78 is 16.8.